The summed E-state index contributed by atoms with van der Waals surface area (Å²) in [5.41, 5.74) is 6.12. The molecule has 0 atom stereocenters. The number of primary amides is 1. The van der Waals surface area contributed by atoms with Gasteiger partial charge in [-0.25, -0.2) is 0 Å². The Morgan fingerprint density at radius 2 is 2.11 bits per heavy atom. The molecule has 0 fully saturated rings. The van der Waals surface area contributed by atoms with E-state index >= 15 is 0 Å². The summed E-state index contributed by atoms with van der Waals surface area (Å²) in [6.45, 7) is 2.88. The summed E-state index contributed by atoms with van der Waals surface area (Å²) in [6.07, 6.45) is 4.40. The van der Waals surface area contributed by atoms with Crippen molar-refractivity contribution in [3.8, 4) is 11.4 Å². The van der Waals surface area contributed by atoms with Gasteiger partial charge in [-0.2, -0.15) is 0 Å². The van der Waals surface area contributed by atoms with E-state index in [-0.39, 0.29) is 11.7 Å². The average molecular weight is 277 g/mol. The van der Waals surface area contributed by atoms with Crippen molar-refractivity contribution in [3.63, 3.8) is 0 Å². The lowest BCUT2D eigenvalue weighted by Crippen LogP contribution is -2.14. The molecule has 1 amide bonds. The van der Waals surface area contributed by atoms with Crippen LogP contribution in [0.15, 0.2) is 29.7 Å². The number of amides is 1. The lowest BCUT2D eigenvalue weighted by molar-refractivity contribution is -0.115. The number of carbonyl (C=O) groups is 1. The fraction of sp³-hybridized carbons (Fsp3) is 0.333. The van der Waals surface area contributed by atoms with E-state index in [1.807, 2.05) is 16.7 Å². The highest BCUT2D eigenvalue weighted by molar-refractivity contribution is 7.99. The number of hydrogen-bond donors (Lipinski definition) is 1. The van der Waals surface area contributed by atoms with Crippen molar-refractivity contribution in [2.45, 2.75) is 25.0 Å². The molecule has 0 unspecified atom stereocenters. The molecule has 0 saturated carbocycles. The molecule has 0 saturated heterocycles. The van der Waals surface area contributed by atoms with Crippen LogP contribution >= 0.6 is 11.8 Å². The Morgan fingerprint density at radius 1 is 1.37 bits per heavy atom. The zero-order valence-corrected chi connectivity index (χ0v) is 11.4. The molecule has 6 nitrogen and oxygen atoms in total. The number of aromatic nitrogens is 4. The number of nitrogens with zero attached hydrogens (tertiary/aromatic N) is 4. The second kappa shape index (κ2) is 6.33. The molecular weight excluding hydrogens is 262 g/mol. The molecule has 0 bridgehead atoms. The van der Waals surface area contributed by atoms with Crippen molar-refractivity contribution >= 4 is 17.7 Å². The molecule has 0 aliphatic rings. The van der Waals surface area contributed by atoms with Gasteiger partial charge in [-0.05, 0) is 18.6 Å². The number of hydrogen-bond acceptors (Lipinski definition) is 5. The van der Waals surface area contributed by atoms with Crippen LogP contribution in [0.25, 0.3) is 11.4 Å². The van der Waals surface area contributed by atoms with Crippen LogP contribution < -0.4 is 5.73 Å². The molecule has 0 aliphatic heterocycles. The third-order valence-electron chi connectivity index (χ3n) is 2.45. The predicted octanol–water partition coefficient (Wildman–Crippen LogP) is 1.33. The third kappa shape index (κ3) is 3.31. The van der Waals surface area contributed by atoms with Crippen LogP contribution in [0.3, 0.4) is 0 Å². The number of rotatable bonds is 6. The van der Waals surface area contributed by atoms with E-state index in [0.29, 0.717) is 5.16 Å². The molecule has 0 aromatic carbocycles. The van der Waals surface area contributed by atoms with Gasteiger partial charge < -0.3 is 10.3 Å². The molecule has 2 aromatic heterocycles. The first-order valence-corrected chi connectivity index (χ1v) is 6.95. The second-order valence-corrected chi connectivity index (χ2v) is 4.89. The van der Waals surface area contributed by atoms with Crippen molar-refractivity contribution in [1.29, 1.82) is 0 Å². The standard InChI is InChI=1S/C12H15N5OS/c1-2-7-17-11(9-3-5-14-6-4-9)15-16-12(17)19-8-10(13)18/h3-6H,2,7-8H2,1H3,(H2,13,18). The first-order valence-electron chi connectivity index (χ1n) is 5.97. The van der Waals surface area contributed by atoms with Crippen LogP contribution in [0.1, 0.15) is 13.3 Å². The highest BCUT2D eigenvalue weighted by atomic mass is 32.2. The van der Waals surface area contributed by atoms with Gasteiger partial charge in [0.1, 0.15) is 0 Å². The Labute approximate surface area is 115 Å². The summed E-state index contributed by atoms with van der Waals surface area (Å²) in [4.78, 5) is 14.8. The molecule has 2 heterocycles. The number of carbonyl (C=O) groups excluding carboxylic acids is 1. The van der Waals surface area contributed by atoms with Gasteiger partial charge in [-0.1, -0.05) is 18.7 Å². The van der Waals surface area contributed by atoms with E-state index < -0.39 is 0 Å². The first kappa shape index (κ1) is 13.5. The minimum absolute atomic E-state index is 0.207. The molecule has 0 aliphatic carbocycles. The van der Waals surface area contributed by atoms with E-state index in [9.17, 15) is 4.79 Å². The Bertz CT molecular complexity index is 555. The molecule has 2 aromatic rings. The van der Waals surface area contributed by atoms with E-state index in [1.165, 1.54) is 11.8 Å². The van der Waals surface area contributed by atoms with Crippen LogP contribution in [0, 0.1) is 0 Å². The van der Waals surface area contributed by atoms with Gasteiger partial charge in [0, 0.05) is 24.5 Å². The number of thioether (sulfide) groups is 1. The van der Waals surface area contributed by atoms with Crippen LogP contribution in [0.5, 0.6) is 0 Å². The number of nitrogens with two attached hydrogens (primary N) is 1. The van der Waals surface area contributed by atoms with Gasteiger partial charge in [0.05, 0.1) is 5.75 Å². The highest BCUT2D eigenvalue weighted by Crippen LogP contribution is 2.23. The highest BCUT2D eigenvalue weighted by Gasteiger charge is 2.14. The molecule has 0 radical (unpaired) electrons. The molecule has 7 heteroatoms. The van der Waals surface area contributed by atoms with Gasteiger partial charge in [-0.15, -0.1) is 10.2 Å². The lowest BCUT2D eigenvalue weighted by Gasteiger charge is -2.07. The molecule has 19 heavy (non-hydrogen) atoms. The molecule has 2 N–H and O–H groups in total. The van der Waals surface area contributed by atoms with Crippen molar-refractivity contribution in [3.05, 3.63) is 24.5 Å². The summed E-state index contributed by atoms with van der Waals surface area (Å²) in [5.74, 6) is 0.635. The van der Waals surface area contributed by atoms with Crippen molar-refractivity contribution in [1.82, 2.24) is 19.7 Å². The minimum atomic E-state index is -0.360. The topological polar surface area (TPSA) is 86.7 Å². The molecule has 0 spiro atoms. The third-order valence-corrected chi connectivity index (χ3v) is 3.44. The average Bonchev–Trinajstić information content (AvgIpc) is 2.81. The Morgan fingerprint density at radius 3 is 2.74 bits per heavy atom. The van der Waals surface area contributed by atoms with Crippen LogP contribution in [0.2, 0.25) is 0 Å². The first-order chi connectivity index (χ1) is 9.22. The van der Waals surface area contributed by atoms with Gasteiger partial charge >= 0.3 is 0 Å². The molecule has 100 valence electrons. The van der Waals surface area contributed by atoms with E-state index in [2.05, 4.69) is 22.1 Å². The summed E-state index contributed by atoms with van der Waals surface area (Å²) in [6, 6.07) is 3.78. The molecule has 2 rings (SSSR count). The lowest BCUT2D eigenvalue weighted by atomic mass is 10.2. The molecular formula is C12H15N5OS. The summed E-state index contributed by atoms with van der Waals surface area (Å²) < 4.78 is 2.00. The maximum Gasteiger partial charge on any atom is 0.227 e. The predicted molar refractivity (Wildman–Crippen MR) is 73.5 cm³/mol. The zero-order chi connectivity index (χ0) is 13.7. The summed E-state index contributed by atoms with van der Waals surface area (Å²) in [5, 5.41) is 9.04. The SMILES string of the molecule is CCCn1c(SCC(N)=O)nnc1-c1ccncc1. The largest absolute Gasteiger partial charge is 0.369 e. The summed E-state index contributed by atoms with van der Waals surface area (Å²) >= 11 is 1.31. The zero-order valence-electron chi connectivity index (χ0n) is 10.6. The van der Waals surface area contributed by atoms with Crippen LogP contribution in [-0.2, 0) is 11.3 Å². The Kier molecular flexibility index (Phi) is 4.51. The van der Waals surface area contributed by atoms with Crippen molar-refractivity contribution in [2.75, 3.05) is 5.75 Å². The van der Waals surface area contributed by atoms with Crippen LogP contribution in [0.4, 0.5) is 0 Å². The van der Waals surface area contributed by atoms with E-state index in [4.69, 9.17) is 5.73 Å². The smallest absolute Gasteiger partial charge is 0.227 e. The monoisotopic (exact) mass is 277 g/mol. The van der Waals surface area contributed by atoms with E-state index in [1.54, 1.807) is 12.4 Å². The minimum Gasteiger partial charge on any atom is -0.369 e. The Hall–Kier alpha value is -1.89. The maximum absolute atomic E-state index is 10.9. The van der Waals surface area contributed by atoms with Crippen molar-refractivity contribution in [2.24, 2.45) is 5.73 Å². The maximum atomic E-state index is 10.9. The van der Waals surface area contributed by atoms with E-state index in [0.717, 1.165) is 24.4 Å². The van der Waals surface area contributed by atoms with Gasteiger partial charge in [0.15, 0.2) is 11.0 Å². The normalized spacial score (nSPS) is 10.6. The quantitative estimate of drug-likeness (QED) is 0.805. The second-order valence-electron chi connectivity index (χ2n) is 3.95. The van der Waals surface area contributed by atoms with Gasteiger partial charge in [-0.3, -0.25) is 9.78 Å². The Balaban J connectivity index is 2.31. The van der Waals surface area contributed by atoms with Gasteiger partial charge in [0.2, 0.25) is 5.91 Å². The van der Waals surface area contributed by atoms with Crippen LogP contribution in [-0.4, -0.2) is 31.4 Å². The fourth-order valence-electron chi connectivity index (χ4n) is 1.67. The fourth-order valence-corrected chi connectivity index (χ4v) is 2.37. The van der Waals surface area contributed by atoms with Gasteiger partial charge in [0.25, 0.3) is 0 Å². The number of pyridine rings is 1. The summed E-state index contributed by atoms with van der Waals surface area (Å²) in [7, 11) is 0. The van der Waals surface area contributed by atoms with Crippen molar-refractivity contribution < 1.29 is 4.79 Å².